The van der Waals surface area contributed by atoms with Gasteiger partial charge < -0.3 is 14.6 Å². The van der Waals surface area contributed by atoms with E-state index in [0.29, 0.717) is 18.5 Å². The number of rotatable bonds is 6. The zero-order valence-electron chi connectivity index (χ0n) is 16.2. The van der Waals surface area contributed by atoms with Crippen molar-refractivity contribution in [1.29, 1.82) is 0 Å². The summed E-state index contributed by atoms with van der Waals surface area (Å²) < 4.78 is 9.38. The SMILES string of the molecule is COc1ccc2c(c1)c(C(=O)NCCc1nnc3ccccn13)cn2C(C)C. The van der Waals surface area contributed by atoms with E-state index in [1.54, 1.807) is 7.11 Å². The number of carbonyl (C=O) groups is 1. The molecule has 0 atom stereocenters. The minimum Gasteiger partial charge on any atom is -0.497 e. The molecular weight excluding hydrogens is 354 g/mol. The molecule has 0 aliphatic heterocycles. The molecule has 3 aromatic heterocycles. The fourth-order valence-corrected chi connectivity index (χ4v) is 3.41. The molecule has 7 nitrogen and oxygen atoms in total. The van der Waals surface area contributed by atoms with Crippen molar-refractivity contribution < 1.29 is 9.53 Å². The van der Waals surface area contributed by atoms with Gasteiger partial charge in [0.1, 0.15) is 11.6 Å². The largest absolute Gasteiger partial charge is 0.497 e. The second kappa shape index (κ2) is 7.34. The molecule has 144 valence electrons. The standard InChI is InChI=1S/C21H23N5O2/c1-14(2)26-13-17(16-12-15(28-3)7-8-18(16)26)21(27)22-10-9-20-24-23-19-6-4-5-11-25(19)20/h4-8,11-14H,9-10H2,1-3H3,(H,22,27). The van der Waals surface area contributed by atoms with Crippen LogP contribution in [0.3, 0.4) is 0 Å². The summed E-state index contributed by atoms with van der Waals surface area (Å²) >= 11 is 0. The number of ether oxygens (including phenoxy) is 1. The van der Waals surface area contributed by atoms with Crippen molar-refractivity contribution in [2.24, 2.45) is 0 Å². The summed E-state index contributed by atoms with van der Waals surface area (Å²) in [7, 11) is 1.63. The van der Waals surface area contributed by atoms with Gasteiger partial charge in [-0.1, -0.05) is 6.07 Å². The van der Waals surface area contributed by atoms with Crippen molar-refractivity contribution >= 4 is 22.5 Å². The van der Waals surface area contributed by atoms with E-state index in [-0.39, 0.29) is 11.9 Å². The van der Waals surface area contributed by atoms with Gasteiger partial charge in [0.15, 0.2) is 5.65 Å². The summed E-state index contributed by atoms with van der Waals surface area (Å²) in [6.45, 7) is 4.68. The van der Waals surface area contributed by atoms with Crippen LogP contribution in [-0.2, 0) is 6.42 Å². The maximum Gasteiger partial charge on any atom is 0.253 e. The third-order valence-electron chi connectivity index (χ3n) is 4.86. The summed E-state index contributed by atoms with van der Waals surface area (Å²) in [6, 6.07) is 11.8. The molecule has 0 fully saturated rings. The Morgan fingerprint density at radius 2 is 2.07 bits per heavy atom. The van der Waals surface area contributed by atoms with Gasteiger partial charge in [0.2, 0.25) is 0 Å². The molecule has 4 aromatic rings. The highest BCUT2D eigenvalue weighted by molar-refractivity contribution is 6.07. The lowest BCUT2D eigenvalue weighted by Gasteiger charge is -2.09. The topological polar surface area (TPSA) is 73.4 Å². The first-order valence-corrected chi connectivity index (χ1v) is 9.34. The minimum absolute atomic E-state index is 0.105. The van der Waals surface area contributed by atoms with Crippen LogP contribution in [0.25, 0.3) is 16.6 Å². The maximum absolute atomic E-state index is 12.9. The molecule has 0 spiro atoms. The Labute approximate surface area is 162 Å². The Bertz CT molecular complexity index is 1140. The van der Waals surface area contributed by atoms with Crippen molar-refractivity contribution in [1.82, 2.24) is 24.5 Å². The number of nitrogens with one attached hydrogen (secondary N) is 1. The Kier molecular flexibility index (Phi) is 4.73. The first-order chi connectivity index (χ1) is 13.6. The van der Waals surface area contributed by atoms with Crippen molar-refractivity contribution in [3.05, 3.63) is 60.2 Å². The highest BCUT2D eigenvalue weighted by Gasteiger charge is 2.17. The van der Waals surface area contributed by atoms with Crippen molar-refractivity contribution in [3.8, 4) is 5.75 Å². The highest BCUT2D eigenvalue weighted by atomic mass is 16.5. The van der Waals surface area contributed by atoms with Gasteiger partial charge in [-0.15, -0.1) is 10.2 Å². The molecule has 0 radical (unpaired) electrons. The lowest BCUT2D eigenvalue weighted by molar-refractivity contribution is 0.0955. The van der Waals surface area contributed by atoms with E-state index < -0.39 is 0 Å². The van der Waals surface area contributed by atoms with Gasteiger partial charge in [-0.3, -0.25) is 9.20 Å². The molecule has 1 N–H and O–H groups in total. The lowest BCUT2D eigenvalue weighted by atomic mass is 10.1. The Morgan fingerprint density at radius 1 is 1.21 bits per heavy atom. The van der Waals surface area contributed by atoms with Crippen LogP contribution in [0.2, 0.25) is 0 Å². The first-order valence-electron chi connectivity index (χ1n) is 9.34. The van der Waals surface area contributed by atoms with Gasteiger partial charge in [-0.25, -0.2) is 0 Å². The van der Waals surface area contributed by atoms with Crippen LogP contribution < -0.4 is 10.1 Å². The molecule has 7 heteroatoms. The third kappa shape index (κ3) is 3.19. The van der Waals surface area contributed by atoms with Gasteiger partial charge in [-0.2, -0.15) is 0 Å². The number of pyridine rings is 1. The number of amides is 1. The Morgan fingerprint density at radius 3 is 2.86 bits per heavy atom. The van der Waals surface area contributed by atoms with Crippen molar-refractivity contribution in [2.45, 2.75) is 26.3 Å². The number of carbonyl (C=O) groups excluding carboxylic acids is 1. The smallest absolute Gasteiger partial charge is 0.253 e. The van der Waals surface area contributed by atoms with Gasteiger partial charge in [-0.05, 0) is 44.2 Å². The molecule has 0 saturated carbocycles. The number of hydrogen-bond donors (Lipinski definition) is 1. The van der Waals surface area contributed by atoms with Crippen LogP contribution in [0.15, 0.2) is 48.8 Å². The molecule has 0 aliphatic rings. The Hall–Kier alpha value is -3.35. The average molecular weight is 377 g/mol. The second-order valence-corrected chi connectivity index (χ2v) is 6.98. The molecule has 0 bridgehead atoms. The van der Waals surface area contributed by atoms with Crippen molar-refractivity contribution in [3.63, 3.8) is 0 Å². The molecule has 1 amide bonds. The zero-order chi connectivity index (χ0) is 19.7. The van der Waals surface area contributed by atoms with Crippen LogP contribution in [0.4, 0.5) is 0 Å². The van der Waals surface area contributed by atoms with E-state index >= 15 is 0 Å². The number of benzene rings is 1. The van der Waals surface area contributed by atoms with E-state index in [9.17, 15) is 4.79 Å². The summed E-state index contributed by atoms with van der Waals surface area (Å²) in [6.07, 6.45) is 4.44. The molecule has 3 heterocycles. The molecule has 0 unspecified atom stereocenters. The second-order valence-electron chi connectivity index (χ2n) is 6.98. The molecule has 0 saturated heterocycles. The van der Waals surface area contributed by atoms with Crippen molar-refractivity contribution in [2.75, 3.05) is 13.7 Å². The summed E-state index contributed by atoms with van der Waals surface area (Å²) in [5.74, 6) is 1.45. The zero-order valence-corrected chi connectivity index (χ0v) is 16.2. The lowest BCUT2D eigenvalue weighted by Crippen LogP contribution is -2.26. The molecule has 1 aromatic carbocycles. The van der Waals surface area contributed by atoms with Gasteiger partial charge in [0.25, 0.3) is 5.91 Å². The van der Waals surface area contributed by atoms with E-state index in [1.165, 1.54) is 0 Å². The number of fused-ring (bicyclic) bond motifs is 2. The van der Waals surface area contributed by atoms with Gasteiger partial charge in [0, 0.05) is 42.3 Å². The van der Waals surface area contributed by atoms with Crippen LogP contribution in [-0.4, -0.2) is 38.7 Å². The molecule has 4 rings (SSSR count). The average Bonchev–Trinajstić information content (AvgIpc) is 3.29. The monoisotopic (exact) mass is 377 g/mol. The van der Waals surface area contributed by atoms with Crippen LogP contribution in [0.5, 0.6) is 5.75 Å². The van der Waals surface area contributed by atoms with E-state index in [1.807, 2.05) is 53.2 Å². The highest BCUT2D eigenvalue weighted by Crippen LogP contribution is 2.28. The molecule has 0 aliphatic carbocycles. The van der Waals surface area contributed by atoms with Crippen LogP contribution >= 0.6 is 0 Å². The maximum atomic E-state index is 12.9. The normalized spacial score (nSPS) is 11.4. The predicted octanol–water partition coefficient (Wildman–Crippen LogP) is 3.25. The molecular formula is C21H23N5O2. The van der Waals surface area contributed by atoms with Crippen LogP contribution in [0.1, 0.15) is 36.1 Å². The van der Waals surface area contributed by atoms with E-state index in [2.05, 4.69) is 33.9 Å². The fourth-order valence-electron chi connectivity index (χ4n) is 3.41. The van der Waals surface area contributed by atoms with Crippen LogP contribution in [0, 0.1) is 0 Å². The quantitative estimate of drug-likeness (QED) is 0.560. The van der Waals surface area contributed by atoms with Gasteiger partial charge in [0.05, 0.1) is 12.7 Å². The van der Waals surface area contributed by atoms with E-state index in [0.717, 1.165) is 28.1 Å². The Balaban J connectivity index is 1.55. The predicted molar refractivity (Wildman–Crippen MR) is 108 cm³/mol. The summed E-state index contributed by atoms with van der Waals surface area (Å²) in [5, 5.41) is 12.2. The number of nitrogens with zero attached hydrogens (tertiary/aromatic N) is 4. The number of methoxy groups -OCH3 is 1. The molecule has 28 heavy (non-hydrogen) atoms. The van der Waals surface area contributed by atoms with Gasteiger partial charge >= 0.3 is 0 Å². The summed E-state index contributed by atoms with van der Waals surface area (Å²) in [4.78, 5) is 12.9. The number of aromatic nitrogens is 4. The first kappa shape index (κ1) is 18.0. The minimum atomic E-state index is -0.105. The summed E-state index contributed by atoms with van der Waals surface area (Å²) in [5.41, 5.74) is 2.47. The fraction of sp³-hybridized carbons (Fsp3) is 0.286. The van der Waals surface area contributed by atoms with E-state index in [4.69, 9.17) is 4.74 Å². The third-order valence-corrected chi connectivity index (χ3v) is 4.86. The number of hydrogen-bond acceptors (Lipinski definition) is 4.